The first-order chi connectivity index (χ1) is 14.6. The van der Waals surface area contributed by atoms with Crippen LogP contribution in [0.3, 0.4) is 0 Å². The molecule has 1 heterocycles. The van der Waals surface area contributed by atoms with E-state index in [1.807, 2.05) is 55.5 Å². The number of carbonyl (C=O) groups excluding carboxylic acids is 2. The van der Waals surface area contributed by atoms with Crippen molar-refractivity contribution in [1.29, 1.82) is 0 Å². The van der Waals surface area contributed by atoms with Gasteiger partial charge in [0.15, 0.2) is 12.4 Å². The quantitative estimate of drug-likeness (QED) is 0.632. The molecule has 0 radical (unpaired) electrons. The van der Waals surface area contributed by atoms with Crippen molar-refractivity contribution in [3.8, 4) is 5.75 Å². The molecule has 5 nitrogen and oxygen atoms in total. The van der Waals surface area contributed by atoms with Crippen LogP contribution in [0, 0.1) is 5.92 Å². The maximum atomic E-state index is 13.6. The second-order valence-electron chi connectivity index (χ2n) is 7.18. The molecule has 0 aromatic heterocycles. The fourth-order valence-corrected chi connectivity index (χ4v) is 4.14. The maximum absolute atomic E-state index is 13.6. The van der Waals surface area contributed by atoms with Crippen LogP contribution in [0.4, 0.5) is 5.69 Å². The molecule has 1 aliphatic heterocycles. The van der Waals surface area contributed by atoms with Crippen molar-refractivity contribution >= 4 is 29.5 Å². The van der Waals surface area contributed by atoms with Crippen LogP contribution in [0.5, 0.6) is 5.75 Å². The number of carbonyl (C=O) groups is 2. The van der Waals surface area contributed by atoms with Gasteiger partial charge < -0.3 is 14.4 Å². The molecule has 0 bridgehead atoms. The zero-order valence-corrected chi connectivity index (χ0v) is 17.3. The summed E-state index contributed by atoms with van der Waals surface area (Å²) in [5.41, 5.74) is 2.08. The molecule has 1 aliphatic carbocycles. The minimum atomic E-state index is -0.791. The number of nitrogens with zero attached hydrogens (tertiary/aromatic N) is 1. The summed E-state index contributed by atoms with van der Waals surface area (Å²) in [6.07, 6.45) is 4.14. The van der Waals surface area contributed by atoms with Crippen molar-refractivity contribution in [1.82, 2.24) is 0 Å². The van der Waals surface area contributed by atoms with Gasteiger partial charge in [0.05, 0.1) is 30.3 Å². The first-order valence-electron chi connectivity index (χ1n) is 9.92. The highest BCUT2D eigenvalue weighted by Gasteiger charge is 2.42. The summed E-state index contributed by atoms with van der Waals surface area (Å²) in [4.78, 5) is 26.9. The highest BCUT2D eigenvalue weighted by Crippen LogP contribution is 2.40. The van der Waals surface area contributed by atoms with E-state index < -0.39 is 6.10 Å². The van der Waals surface area contributed by atoms with Gasteiger partial charge in [-0.1, -0.05) is 48.0 Å². The molecule has 154 valence electrons. The zero-order valence-electron chi connectivity index (χ0n) is 16.6. The number of ether oxygens (including phenoxy) is 2. The molecule has 0 spiro atoms. The summed E-state index contributed by atoms with van der Waals surface area (Å²) in [5.74, 6) is 0.590. The summed E-state index contributed by atoms with van der Waals surface area (Å²) >= 11 is 6.14. The molecule has 2 atom stereocenters. The molecular weight excluding hydrogens is 402 g/mol. The van der Waals surface area contributed by atoms with Crippen LogP contribution < -0.4 is 9.64 Å². The average Bonchev–Trinajstić information content (AvgIpc) is 2.76. The number of halogens is 1. The monoisotopic (exact) mass is 423 g/mol. The van der Waals surface area contributed by atoms with Crippen molar-refractivity contribution in [2.75, 3.05) is 11.5 Å². The van der Waals surface area contributed by atoms with Gasteiger partial charge >= 0.3 is 0 Å². The molecule has 2 aromatic rings. The smallest absolute Gasteiger partial charge is 0.269 e. The van der Waals surface area contributed by atoms with Crippen LogP contribution in [-0.4, -0.2) is 24.9 Å². The molecule has 0 fully saturated rings. The largest absolute Gasteiger partial charge is 0.497 e. The Morgan fingerprint density at radius 1 is 1.23 bits per heavy atom. The summed E-state index contributed by atoms with van der Waals surface area (Å²) < 4.78 is 12.0. The summed E-state index contributed by atoms with van der Waals surface area (Å²) in [5, 5.41) is 0.618. The van der Waals surface area contributed by atoms with Crippen molar-refractivity contribution in [2.24, 2.45) is 5.92 Å². The summed E-state index contributed by atoms with van der Waals surface area (Å²) in [6, 6.07) is 14.9. The van der Waals surface area contributed by atoms with Crippen molar-refractivity contribution in [3.63, 3.8) is 0 Å². The van der Waals surface area contributed by atoms with Gasteiger partial charge in [0.2, 0.25) is 0 Å². The number of allylic oxidation sites excluding steroid dienone is 3. The fourth-order valence-electron chi connectivity index (χ4n) is 3.92. The van der Waals surface area contributed by atoms with E-state index in [0.29, 0.717) is 47.4 Å². The van der Waals surface area contributed by atoms with Crippen LogP contribution in [0.25, 0.3) is 0 Å². The van der Waals surface area contributed by atoms with Crippen LogP contribution in [0.2, 0.25) is 5.02 Å². The molecule has 0 N–H and O–H groups in total. The molecule has 0 saturated carbocycles. The predicted octanol–water partition coefficient (Wildman–Crippen LogP) is 4.70. The zero-order chi connectivity index (χ0) is 21.1. The fraction of sp³-hybridized carbons (Fsp3) is 0.250. The van der Waals surface area contributed by atoms with E-state index in [-0.39, 0.29) is 11.8 Å². The van der Waals surface area contributed by atoms with Gasteiger partial charge in [-0.3, -0.25) is 9.59 Å². The third-order valence-corrected chi connectivity index (χ3v) is 5.49. The van der Waals surface area contributed by atoms with E-state index in [4.69, 9.17) is 21.1 Å². The van der Waals surface area contributed by atoms with E-state index in [2.05, 4.69) is 0 Å². The van der Waals surface area contributed by atoms with E-state index >= 15 is 0 Å². The molecule has 2 aromatic carbocycles. The Labute approximate surface area is 180 Å². The third kappa shape index (κ3) is 3.85. The van der Waals surface area contributed by atoms with E-state index in [1.165, 1.54) is 0 Å². The minimum absolute atomic E-state index is 0.170. The highest BCUT2D eigenvalue weighted by atomic mass is 35.5. The number of rotatable bonds is 6. The van der Waals surface area contributed by atoms with Gasteiger partial charge in [0.25, 0.3) is 5.91 Å². The van der Waals surface area contributed by atoms with E-state index in [1.54, 1.807) is 17.0 Å². The van der Waals surface area contributed by atoms with Gasteiger partial charge in [-0.05, 0) is 43.2 Å². The molecule has 30 heavy (non-hydrogen) atoms. The SMILES string of the molecule is CCOC1=C(C=O)C=CCC1C1Oc2ccccc2N(Cc2cccc(Cl)c2)C1=O. The summed E-state index contributed by atoms with van der Waals surface area (Å²) in [6.45, 7) is 2.63. The lowest BCUT2D eigenvalue weighted by Crippen LogP contribution is -2.50. The lowest BCUT2D eigenvalue weighted by Gasteiger charge is -2.38. The molecule has 0 saturated heterocycles. The number of amides is 1. The number of hydrogen-bond donors (Lipinski definition) is 0. The minimum Gasteiger partial charge on any atom is -0.497 e. The van der Waals surface area contributed by atoms with Crippen LogP contribution in [0.1, 0.15) is 18.9 Å². The van der Waals surface area contributed by atoms with Gasteiger partial charge in [0.1, 0.15) is 11.5 Å². The first-order valence-corrected chi connectivity index (χ1v) is 10.3. The molecule has 2 aliphatic rings. The predicted molar refractivity (Wildman–Crippen MR) is 115 cm³/mol. The highest BCUT2D eigenvalue weighted by molar-refractivity contribution is 6.30. The Morgan fingerprint density at radius 3 is 2.83 bits per heavy atom. The number of fused-ring (bicyclic) bond motifs is 1. The van der Waals surface area contributed by atoms with E-state index in [9.17, 15) is 9.59 Å². The number of hydrogen-bond acceptors (Lipinski definition) is 4. The molecular formula is C24H22ClNO4. The Kier molecular flexibility index (Phi) is 5.91. The third-order valence-electron chi connectivity index (χ3n) is 5.25. The van der Waals surface area contributed by atoms with Crippen LogP contribution >= 0.6 is 11.6 Å². The van der Waals surface area contributed by atoms with Gasteiger partial charge in [-0.25, -0.2) is 0 Å². The molecule has 2 unspecified atom stereocenters. The van der Waals surface area contributed by atoms with Crippen molar-refractivity contribution < 1.29 is 19.1 Å². The topological polar surface area (TPSA) is 55.8 Å². The van der Waals surface area contributed by atoms with Crippen LogP contribution in [-0.2, 0) is 20.9 Å². The second kappa shape index (κ2) is 8.76. The number of aldehydes is 1. The van der Waals surface area contributed by atoms with Crippen LogP contribution in [0.15, 0.2) is 72.0 Å². The number of benzene rings is 2. The molecule has 1 amide bonds. The summed E-state index contributed by atoms with van der Waals surface area (Å²) in [7, 11) is 0. The van der Waals surface area contributed by atoms with Gasteiger partial charge in [0, 0.05) is 5.02 Å². The lowest BCUT2D eigenvalue weighted by atomic mass is 9.87. The van der Waals surface area contributed by atoms with E-state index in [0.717, 1.165) is 11.8 Å². The Morgan fingerprint density at radius 2 is 2.07 bits per heavy atom. The van der Waals surface area contributed by atoms with Gasteiger partial charge in [-0.2, -0.15) is 0 Å². The Hall–Kier alpha value is -3.05. The standard InChI is InChI=1S/C24H22ClNO4/c1-2-29-22-17(15-27)8-6-10-19(22)23-24(28)26(14-16-7-5-9-18(25)13-16)20-11-3-4-12-21(20)30-23/h3-9,11-13,15,19,23H,2,10,14H2,1H3. The normalized spacial score (nSPS) is 20.6. The number of anilines is 1. The maximum Gasteiger partial charge on any atom is 0.269 e. The first kappa shape index (κ1) is 20.2. The Bertz CT molecular complexity index is 1030. The second-order valence-corrected chi connectivity index (χ2v) is 7.61. The van der Waals surface area contributed by atoms with Gasteiger partial charge in [-0.15, -0.1) is 0 Å². The average molecular weight is 424 g/mol. The number of para-hydroxylation sites is 2. The molecule has 6 heteroatoms. The lowest BCUT2D eigenvalue weighted by molar-refractivity contribution is -0.129. The van der Waals surface area contributed by atoms with Crippen molar-refractivity contribution in [2.45, 2.75) is 26.0 Å². The Balaban J connectivity index is 1.72. The molecule has 4 rings (SSSR count). The van der Waals surface area contributed by atoms with Crippen molar-refractivity contribution in [3.05, 3.63) is 82.6 Å².